The second kappa shape index (κ2) is 10.4. The summed E-state index contributed by atoms with van der Waals surface area (Å²) in [6.07, 6.45) is 1.60. The molecule has 160 valence electrons. The Morgan fingerprint density at radius 3 is 2.68 bits per heavy atom. The van der Waals surface area contributed by atoms with Gasteiger partial charge in [-0.25, -0.2) is 4.98 Å². The van der Waals surface area contributed by atoms with Crippen LogP contribution in [0.2, 0.25) is 0 Å². The number of aliphatic hydroxyl groups excluding tert-OH is 1. The van der Waals surface area contributed by atoms with E-state index in [9.17, 15) is 9.32 Å². The molecule has 0 saturated carbocycles. The van der Waals surface area contributed by atoms with E-state index in [0.717, 1.165) is 11.3 Å². The molecule has 3 rings (SSSR count). The number of hydrogen-bond donors (Lipinski definition) is 4. The first kappa shape index (κ1) is 22.1. The molecule has 31 heavy (non-hydrogen) atoms. The lowest BCUT2D eigenvalue weighted by molar-refractivity contribution is 0.281. The Labute approximate surface area is 182 Å². The van der Waals surface area contributed by atoms with Crippen molar-refractivity contribution in [2.45, 2.75) is 17.9 Å². The molecule has 1 atom stereocenters. The summed E-state index contributed by atoms with van der Waals surface area (Å²) < 4.78 is 23.7. The van der Waals surface area contributed by atoms with Gasteiger partial charge in [0.2, 0.25) is 5.95 Å². The first-order chi connectivity index (χ1) is 15.0. The molecular formula is C22H22N5O3S-. The summed E-state index contributed by atoms with van der Waals surface area (Å²) in [5, 5.41) is 15.6. The van der Waals surface area contributed by atoms with Crippen molar-refractivity contribution < 1.29 is 14.1 Å². The fraction of sp³-hybridized carbons (Fsp3) is 0.182. The molecule has 0 radical (unpaired) electrons. The number of hydrogen-bond acceptors (Lipinski definition) is 9. The third kappa shape index (κ3) is 6.18. The van der Waals surface area contributed by atoms with Crippen molar-refractivity contribution in [2.75, 3.05) is 24.4 Å². The fourth-order valence-corrected chi connectivity index (χ4v) is 2.94. The van der Waals surface area contributed by atoms with Gasteiger partial charge in [0.1, 0.15) is 11.6 Å². The van der Waals surface area contributed by atoms with Crippen LogP contribution in [0.3, 0.4) is 0 Å². The van der Waals surface area contributed by atoms with Crippen LogP contribution in [0.5, 0.6) is 5.75 Å². The van der Waals surface area contributed by atoms with E-state index >= 15 is 0 Å². The predicted octanol–water partition coefficient (Wildman–Crippen LogP) is 3.51. The lowest BCUT2D eigenvalue weighted by atomic mass is 10.2. The van der Waals surface area contributed by atoms with E-state index in [1.807, 2.05) is 31.2 Å². The summed E-state index contributed by atoms with van der Waals surface area (Å²) in [4.78, 5) is 9.22. The summed E-state index contributed by atoms with van der Waals surface area (Å²) in [6, 6.07) is 13.8. The number of rotatable bonds is 7. The highest BCUT2D eigenvalue weighted by Gasteiger charge is 2.09. The van der Waals surface area contributed by atoms with Crippen molar-refractivity contribution in [1.29, 1.82) is 4.78 Å². The highest BCUT2D eigenvalue weighted by Crippen LogP contribution is 2.19. The fourth-order valence-electron chi connectivity index (χ4n) is 2.55. The minimum atomic E-state index is -1.78. The number of methoxy groups -OCH3 is 1. The molecule has 0 fully saturated rings. The molecule has 0 bridgehead atoms. The highest BCUT2D eigenvalue weighted by atomic mass is 32.2. The van der Waals surface area contributed by atoms with Crippen LogP contribution >= 0.6 is 0 Å². The molecular weight excluding hydrogens is 414 g/mol. The Hall–Kier alpha value is -3.61. The zero-order valence-corrected chi connectivity index (χ0v) is 17.9. The maximum absolute atomic E-state index is 11.2. The largest absolute Gasteiger partial charge is 0.497 e. The average molecular weight is 437 g/mol. The van der Waals surface area contributed by atoms with Gasteiger partial charge in [-0.2, -0.15) is 15.6 Å². The molecule has 2 aromatic carbocycles. The topological polar surface area (TPSA) is 120 Å². The van der Waals surface area contributed by atoms with E-state index in [4.69, 9.17) is 9.52 Å². The normalized spacial score (nSPS) is 11.4. The molecule has 4 N–H and O–H groups in total. The number of anilines is 3. The second-order valence-corrected chi connectivity index (χ2v) is 7.59. The third-order valence-corrected chi connectivity index (χ3v) is 4.88. The highest BCUT2D eigenvalue weighted by molar-refractivity contribution is 7.73. The summed E-state index contributed by atoms with van der Waals surface area (Å²) in [7, 11) is -0.183. The van der Waals surface area contributed by atoms with Crippen molar-refractivity contribution in [3.63, 3.8) is 0 Å². The maximum Gasteiger partial charge on any atom is 0.229 e. The summed E-state index contributed by atoms with van der Waals surface area (Å²) in [6.45, 7) is 1.76. The summed E-state index contributed by atoms with van der Waals surface area (Å²) in [5.74, 6) is 7.67. The van der Waals surface area contributed by atoms with E-state index in [-0.39, 0.29) is 12.6 Å². The monoisotopic (exact) mass is 436 g/mol. The standard InChI is InChI=1S/C22H22N5O3S/c1-15(14-28)25-21-17(7-6-16-4-3-5-19(12-16)30-2)13-24-22(27-21)26-18-8-10-20(11-9-18)31(23)29/h3-5,8-13,15,23,28H,14H2,1-2H3,(H2,24,25,26,27)/q-1/t15-/m1/s1. The SMILES string of the molecule is COc1cccc(C#Cc2cnc(Nc3ccc([S-](=N)=O)cc3)nc2N[C@H](C)CO)c1. The lowest BCUT2D eigenvalue weighted by Gasteiger charge is -2.14. The molecule has 0 unspecified atom stereocenters. The maximum atomic E-state index is 11.2. The molecule has 0 aliphatic carbocycles. The Balaban J connectivity index is 1.88. The van der Waals surface area contributed by atoms with Gasteiger partial charge in [0.05, 0.1) is 25.5 Å². The van der Waals surface area contributed by atoms with Crippen molar-refractivity contribution in [3.05, 3.63) is 65.9 Å². The molecule has 0 saturated heterocycles. The van der Waals surface area contributed by atoms with Gasteiger partial charge in [-0.1, -0.05) is 34.9 Å². The zero-order chi connectivity index (χ0) is 22.2. The number of nitrogens with one attached hydrogen (secondary N) is 3. The van der Waals surface area contributed by atoms with Gasteiger partial charge in [0.15, 0.2) is 0 Å². The van der Waals surface area contributed by atoms with E-state index in [2.05, 4.69) is 32.4 Å². The van der Waals surface area contributed by atoms with Crippen LogP contribution in [0.15, 0.2) is 59.6 Å². The summed E-state index contributed by atoms with van der Waals surface area (Å²) >= 11 is 0. The second-order valence-electron chi connectivity index (χ2n) is 6.58. The Kier molecular flexibility index (Phi) is 7.43. The molecule has 1 heterocycles. The van der Waals surface area contributed by atoms with E-state index in [1.165, 1.54) is 0 Å². The smallest absolute Gasteiger partial charge is 0.229 e. The molecule has 3 aromatic rings. The van der Waals surface area contributed by atoms with Gasteiger partial charge < -0.3 is 29.5 Å². The van der Waals surface area contributed by atoms with E-state index in [1.54, 1.807) is 37.6 Å². The minimum absolute atomic E-state index is 0.0682. The van der Waals surface area contributed by atoms with Crippen LogP contribution < -0.4 is 15.4 Å². The number of ether oxygens (including phenoxy) is 1. The van der Waals surface area contributed by atoms with Gasteiger partial charge >= 0.3 is 0 Å². The van der Waals surface area contributed by atoms with Crippen LogP contribution in [0, 0.1) is 16.6 Å². The zero-order valence-electron chi connectivity index (χ0n) is 17.0. The number of benzene rings is 2. The van der Waals surface area contributed by atoms with Crippen LogP contribution in [0.4, 0.5) is 17.5 Å². The Morgan fingerprint density at radius 1 is 1.23 bits per heavy atom. The van der Waals surface area contributed by atoms with Crippen molar-refractivity contribution in [2.24, 2.45) is 0 Å². The Morgan fingerprint density at radius 2 is 2.00 bits per heavy atom. The van der Waals surface area contributed by atoms with Gasteiger partial charge in [0, 0.05) is 17.3 Å². The molecule has 8 nitrogen and oxygen atoms in total. The predicted molar refractivity (Wildman–Crippen MR) is 120 cm³/mol. The first-order valence-corrected chi connectivity index (χ1v) is 10.5. The average Bonchev–Trinajstić information content (AvgIpc) is 2.79. The molecule has 9 heteroatoms. The number of aliphatic hydroxyl groups is 1. The van der Waals surface area contributed by atoms with Gasteiger partial charge in [-0.3, -0.25) is 0 Å². The molecule has 0 aliphatic heterocycles. The Bertz CT molecular complexity index is 1180. The van der Waals surface area contributed by atoms with E-state index in [0.29, 0.717) is 27.9 Å². The third-order valence-electron chi connectivity index (χ3n) is 4.18. The van der Waals surface area contributed by atoms with Gasteiger partial charge in [-0.05, 0) is 37.3 Å². The minimum Gasteiger partial charge on any atom is -0.497 e. The van der Waals surface area contributed by atoms with Gasteiger partial charge in [-0.15, -0.1) is 0 Å². The van der Waals surface area contributed by atoms with Crippen molar-refractivity contribution in [1.82, 2.24) is 9.97 Å². The van der Waals surface area contributed by atoms with Crippen molar-refractivity contribution >= 4 is 28.0 Å². The van der Waals surface area contributed by atoms with Crippen LogP contribution in [-0.4, -0.2) is 34.8 Å². The van der Waals surface area contributed by atoms with E-state index < -0.39 is 10.6 Å². The van der Waals surface area contributed by atoms with Crippen LogP contribution in [-0.2, 0) is 14.8 Å². The first-order valence-electron chi connectivity index (χ1n) is 9.39. The van der Waals surface area contributed by atoms with Gasteiger partial charge in [0.25, 0.3) is 0 Å². The quantitative estimate of drug-likeness (QED) is 0.330. The molecule has 1 aromatic heterocycles. The number of nitrogens with zero attached hydrogens (tertiary/aromatic N) is 2. The number of aromatic nitrogens is 2. The van der Waals surface area contributed by atoms with Crippen LogP contribution in [0.1, 0.15) is 18.1 Å². The lowest BCUT2D eigenvalue weighted by Crippen LogP contribution is -2.21. The molecule has 0 amide bonds. The summed E-state index contributed by atoms with van der Waals surface area (Å²) in [5.41, 5.74) is 2.05. The van der Waals surface area contributed by atoms with Crippen molar-refractivity contribution in [3.8, 4) is 17.6 Å². The molecule has 0 spiro atoms. The molecule has 0 aliphatic rings. The van der Waals surface area contributed by atoms with Crippen LogP contribution in [0.25, 0.3) is 0 Å².